The van der Waals surface area contributed by atoms with Crippen LogP contribution < -0.4 is 5.73 Å². The Morgan fingerprint density at radius 1 is 1.20 bits per heavy atom. The van der Waals surface area contributed by atoms with Crippen LogP contribution in [0.3, 0.4) is 0 Å². The van der Waals surface area contributed by atoms with Crippen LogP contribution in [-0.2, 0) is 0 Å². The molecule has 1 fully saturated rings. The largest absolute Gasteiger partial charge is 0.384 e. The number of likely N-dealkylation sites (tertiary alicyclic amines) is 1. The third kappa shape index (κ3) is 2.24. The van der Waals surface area contributed by atoms with Crippen molar-refractivity contribution < 1.29 is 9.18 Å². The highest BCUT2D eigenvalue weighted by molar-refractivity contribution is 5.93. The molecule has 0 spiro atoms. The monoisotopic (exact) mass is 274 g/mol. The Labute approximate surface area is 115 Å². The van der Waals surface area contributed by atoms with Crippen LogP contribution in [0, 0.1) is 5.82 Å². The van der Waals surface area contributed by atoms with Crippen LogP contribution in [-0.4, -0.2) is 33.7 Å². The van der Waals surface area contributed by atoms with E-state index in [-0.39, 0.29) is 11.7 Å². The molecule has 2 heterocycles. The molecule has 104 valence electrons. The molecule has 0 saturated carbocycles. The molecule has 1 aliphatic rings. The maximum absolute atomic E-state index is 12.9. The average Bonchev–Trinajstić information content (AvgIpc) is 3.08. The van der Waals surface area contributed by atoms with E-state index >= 15 is 0 Å². The predicted octanol–water partition coefficient (Wildman–Crippen LogP) is 1.83. The van der Waals surface area contributed by atoms with Gasteiger partial charge in [-0.1, -0.05) is 0 Å². The zero-order valence-corrected chi connectivity index (χ0v) is 10.9. The smallest absolute Gasteiger partial charge is 0.274 e. The second-order valence-corrected chi connectivity index (χ2v) is 4.84. The van der Waals surface area contributed by atoms with Gasteiger partial charge >= 0.3 is 0 Å². The van der Waals surface area contributed by atoms with Gasteiger partial charge in [0.25, 0.3) is 5.91 Å². The first-order valence-electron chi connectivity index (χ1n) is 6.56. The molecule has 20 heavy (non-hydrogen) atoms. The van der Waals surface area contributed by atoms with E-state index in [0.717, 1.165) is 25.9 Å². The fourth-order valence-electron chi connectivity index (χ4n) is 2.37. The molecular formula is C14H15FN4O. The summed E-state index contributed by atoms with van der Waals surface area (Å²) in [7, 11) is 0. The molecule has 0 atom stereocenters. The normalized spacial score (nSPS) is 14.8. The molecule has 0 bridgehead atoms. The zero-order chi connectivity index (χ0) is 14.1. The van der Waals surface area contributed by atoms with Crippen molar-refractivity contribution in [2.24, 2.45) is 0 Å². The number of aromatic nitrogens is 2. The lowest BCUT2D eigenvalue weighted by atomic mass is 10.3. The molecular weight excluding hydrogens is 259 g/mol. The number of halogens is 1. The van der Waals surface area contributed by atoms with Gasteiger partial charge in [-0.05, 0) is 37.1 Å². The number of hydrogen-bond donors (Lipinski definition) is 1. The van der Waals surface area contributed by atoms with Gasteiger partial charge in [-0.15, -0.1) is 0 Å². The Hall–Kier alpha value is -2.37. The second kappa shape index (κ2) is 4.96. The highest BCUT2D eigenvalue weighted by Crippen LogP contribution is 2.18. The average molecular weight is 274 g/mol. The quantitative estimate of drug-likeness (QED) is 0.908. The summed E-state index contributed by atoms with van der Waals surface area (Å²) in [5.74, 6) is -0.0675. The van der Waals surface area contributed by atoms with E-state index in [1.165, 1.54) is 16.8 Å². The SMILES string of the molecule is Nc1cc(C(=O)N2CCCC2)nn1-c1ccc(F)cc1. The third-order valence-electron chi connectivity index (χ3n) is 3.42. The van der Waals surface area contributed by atoms with Crippen LogP contribution in [0.15, 0.2) is 30.3 Å². The van der Waals surface area contributed by atoms with E-state index in [2.05, 4.69) is 5.10 Å². The molecule has 5 nitrogen and oxygen atoms in total. The Morgan fingerprint density at radius 3 is 2.50 bits per heavy atom. The second-order valence-electron chi connectivity index (χ2n) is 4.84. The molecule has 1 saturated heterocycles. The summed E-state index contributed by atoms with van der Waals surface area (Å²) in [6.45, 7) is 1.53. The Morgan fingerprint density at radius 2 is 1.85 bits per heavy atom. The van der Waals surface area contributed by atoms with Gasteiger partial charge in [0.2, 0.25) is 0 Å². The van der Waals surface area contributed by atoms with Gasteiger partial charge in [0.05, 0.1) is 5.69 Å². The first-order valence-corrected chi connectivity index (χ1v) is 6.56. The molecule has 1 amide bonds. The topological polar surface area (TPSA) is 64.2 Å². The summed E-state index contributed by atoms with van der Waals surface area (Å²) in [6, 6.07) is 7.37. The first-order chi connectivity index (χ1) is 9.65. The zero-order valence-electron chi connectivity index (χ0n) is 10.9. The molecule has 3 rings (SSSR count). The highest BCUT2D eigenvalue weighted by Gasteiger charge is 2.22. The van der Waals surface area contributed by atoms with Gasteiger partial charge in [-0.25, -0.2) is 9.07 Å². The molecule has 2 N–H and O–H groups in total. The van der Waals surface area contributed by atoms with Crippen LogP contribution in [0.2, 0.25) is 0 Å². The fraction of sp³-hybridized carbons (Fsp3) is 0.286. The minimum absolute atomic E-state index is 0.102. The van der Waals surface area contributed by atoms with Crippen molar-refractivity contribution in [3.63, 3.8) is 0 Å². The Balaban J connectivity index is 1.90. The number of carbonyl (C=O) groups excluding carboxylic acids is 1. The molecule has 2 aromatic rings. The van der Waals surface area contributed by atoms with Crippen LogP contribution in [0.1, 0.15) is 23.3 Å². The number of carbonyl (C=O) groups is 1. The molecule has 0 aliphatic carbocycles. The van der Waals surface area contributed by atoms with Crippen molar-refractivity contribution in [3.8, 4) is 5.69 Å². The van der Waals surface area contributed by atoms with Gasteiger partial charge in [0, 0.05) is 19.2 Å². The minimum atomic E-state index is -0.326. The van der Waals surface area contributed by atoms with Gasteiger partial charge < -0.3 is 10.6 Å². The number of rotatable bonds is 2. The summed E-state index contributed by atoms with van der Waals surface area (Å²) in [6.07, 6.45) is 2.06. The number of hydrogen-bond acceptors (Lipinski definition) is 3. The summed E-state index contributed by atoms with van der Waals surface area (Å²) < 4.78 is 14.4. The molecule has 1 aliphatic heterocycles. The molecule has 0 unspecified atom stereocenters. The predicted molar refractivity (Wildman–Crippen MR) is 73.1 cm³/mol. The van der Waals surface area contributed by atoms with Crippen molar-refractivity contribution >= 4 is 11.7 Å². The molecule has 6 heteroatoms. The third-order valence-corrected chi connectivity index (χ3v) is 3.42. The van der Waals surface area contributed by atoms with Crippen molar-refractivity contribution in [3.05, 3.63) is 41.8 Å². The fourth-order valence-corrected chi connectivity index (χ4v) is 2.37. The van der Waals surface area contributed by atoms with E-state index in [1.54, 1.807) is 23.1 Å². The van der Waals surface area contributed by atoms with E-state index in [1.807, 2.05) is 0 Å². The van der Waals surface area contributed by atoms with Crippen molar-refractivity contribution in [1.82, 2.24) is 14.7 Å². The standard InChI is InChI=1S/C14H15FN4O/c15-10-3-5-11(6-4-10)19-13(16)9-12(17-19)14(20)18-7-1-2-8-18/h3-6,9H,1-2,7-8,16H2. The van der Waals surface area contributed by atoms with Gasteiger partial charge in [-0.3, -0.25) is 4.79 Å². The summed E-state index contributed by atoms with van der Waals surface area (Å²) >= 11 is 0. The lowest BCUT2D eigenvalue weighted by Gasteiger charge is -2.12. The number of nitrogens with zero attached hydrogens (tertiary/aromatic N) is 3. The van der Waals surface area contributed by atoms with Gasteiger partial charge in [0.1, 0.15) is 11.6 Å². The maximum atomic E-state index is 12.9. The van der Waals surface area contributed by atoms with Crippen molar-refractivity contribution in [2.75, 3.05) is 18.8 Å². The minimum Gasteiger partial charge on any atom is -0.384 e. The Kier molecular flexibility index (Phi) is 3.14. The number of nitrogens with two attached hydrogens (primary N) is 1. The summed E-state index contributed by atoms with van der Waals surface area (Å²) in [5, 5.41) is 4.23. The van der Waals surface area contributed by atoms with E-state index in [4.69, 9.17) is 5.73 Å². The number of benzene rings is 1. The van der Waals surface area contributed by atoms with Crippen molar-refractivity contribution in [1.29, 1.82) is 0 Å². The van der Waals surface area contributed by atoms with Gasteiger partial charge in [-0.2, -0.15) is 5.10 Å². The lowest BCUT2D eigenvalue weighted by molar-refractivity contribution is 0.0786. The van der Waals surface area contributed by atoms with Crippen LogP contribution >= 0.6 is 0 Å². The molecule has 1 aromatic heterocycles. The van der Waals surface area contributed by atoms with Crippen LogP contribution in [0.4, 0.5) is 10.2 Å². The first kappa shape index (κ1) is 12.7. The van der Waals surface area contributed by atoms with E-state index < -0.39 is 0 Å². The lowest BCUT2D eigenvalue weighted by Crippen LogP contribution is -2.28. The van der Waals surface area contributed by atoms with Crippen molar-refractivity contribution in [2.45, 2.75) is 12.8 Å². The van der Waals surface area contributed by atoms with Crippen LogP contribution in [0.5, 0.6) is 0 Å². The number of anilines is 1. The Bertz CT molecular complexity index is 629. The maximum Gasteiger partial charge on any atom is 0.274 e. The molecule has 1 aromatic carbocycles. The molecule has 0 radical (unpaired) electrons. The summed E-state index contributed by atoms with van der Waals surface area (Å²) in [5.41, 5.74) is 6.84. The number of nitrogen functional groups attached to an aromatic ring is 1. The summed E-state index contributed by atoms with van der Waals surface area (Å²) in [4.78, 5) is 14.0. The van der Waals surface area contributed by atoms with Crippen LogP contribution in [0.25, 0.3) is 5.69 Å². The van der Waals surface area contributed by atoms with E-state index in [9.17, 15) is 9.18 Å². The highest BCUT2D eigenvalue weighted by atomic mass is 19.1. The van der Waals surface area contributed by atoms with Gasteiger partial charge in [0.15, 0.2) is 5.69 Å². The van der Waals surface area contributed by atoms with E-state index in [0.29, 0.717) is 17.2 Å². The number of amides is 1.